The van der Waals surface area contributed by atoms with Crippen molar-refractivity contribution in [3.8, 4) is 5.75 Å². The van der Waals surface area contributed by atoms with E-state index in [0.29, 0.717) is 19.4 Å². The Morgan fingerprint density at radius 2 is 2.15 bits per heavy atom. The van der Waals surface area contributed by atoms with Crippen molar-refractivity contribution < 1.29 is 14.5 Å². The van der Waals surface area contributed by atoms with E-state index in [2.05, 4.69) is 10.6 Å². The fraction of sp³-hybridized carbons (Fsp3) is 0.462. The topological polar surface area (TPSA) is 93.5 Å². The summed E-state index contributed by atoms with van der Waals surface area (Å²) in [5.41, 5.74) is 0.759. The number of hydrogen-bond acceptors (Lipinski definition) is 5. The fourth-order valence-corrected chi connectivity index (χ4v) is 1.68. The Hall–Kier alpha value is -2.15. The number of nitro benzene ring substituents is 1. The molecular formula is C13H19N3O4. The van der Waals surface area contributed by atoms with Crippen molar-refractivity contribution in [2.24, 2.45) is 0 Å². The van der Waals surface area contributed by atoms with Gasteiger partial charge < -0.3 is 15.4 Å². The number of carbonyl (C=O) groups excluding carboxylic acids is 1. The molecule has 0 aromatic heterocycles. The van der Waals surface area contributed by atoms with Gasteiger partial charge in [0.2, 0.25) is 5.91 Å². The van der Waals surface area contributed by atoms with E-state index in [1.807, 2.05) is 0 Å². The molecule has 1 aromatic rings. The lowest BCUT2D eigenvalue weighted by Crippen LogP contribution is -2.18. The maximum absolute atomic E-state index is 11.0. The molecular weight excluding hydrogens is 262 g/mol. The van der Waals surface area contributed by atoms with E-state index in [4.69, 9.17) is 4.74 Å². The minimum Gasteiger partial charge on any atom is -0.487 e. The summed E-state index contributed by atoms with van der Waals surface area (Å²) in [7, 11) is 3.34. The largest absolute Gasteiger partial charge is 0.487 e. The number of nitrogens with zero attached hydrogens (tertiary/aromatic N) is 1. The molecule has 7 nitrogen and oxygen atoms in total. The summed E-state index contributed by atoms with van der Waals surface area (Å²) in [6.07, 6.45) is 0.844. The van der Waals surface area contributed by atoms with Crippen LogP contribution in [0.4, 0.5) is 5.69 Å². The van der Waals surface area contributed by atoms with Crippen LogP contribution in [0.15, 0.2) is 18.2 Å². The van der Waals surface area contributed by atoms with Gasteiger partial charge >= 0.3 is 5.69 Å². The van der Waals surface area contributed by atoms with Gasteiger partial charge in [0.1, 0.15) is 0 Å². The zero-order valence-corrected chi connectivity index (χ0v) is 11.6. The highest BCUT2D eigenvalue weighted by Gasteiger charge is 2.15. The Labute approximate surface area is 117 Å². The van der Waals surface area contributed by atoms with Gasteiger partial charge in [-0.2, -0.15) is 0 Å². The van der Waals surface area contributed by atoms with Gasteiger partial charge in [-0.05, 0) is 25.1 Å². The summed E-state index contributed by atoms with van der Waals surface area (Å²) in [5, 5.41) is 16.4. The van der Waals surface area contributed by atoms with Crippen LogP contribution in [-0.4, -0.2) is 31.5 Å². The van der Waals surface area contributed by atoms with Crippen molar-refractivity contribution >= 4 is 11.6 Å². The number of nitrogens with one attached hydrogen (secondary N) is 2. The number of benzene rings is 1. The quantitative estimate of drug-likeness (QED) is 0.424. The molecule has 110 valence electrons. The van der Waals surface area contributed by atoms with Crippen LogP contribution in [-0.2, 0) is 11.3 Å². The second-order valence-corrected chi connectivity index (χ2v) is 4.21. The molecule has 1 aromatic carbocycles. The van der Waals surface area contributed by atoms with E-state index in [9.17, 15) is 14.9 Å². The summed E-state index contributed by atoms with van der Waals surface area (Å²) in [6.45, 7) is 0.817. The van der Waals surface area contributed by atoms with Crippen LogP contribution in [0.3, 0.4) is 0 Å². The monoisotopic (exact) mass is 281 g/mol. The van der Waals surface area contributed by atoms with Gasteiger partial charge in [-0.3, -0.25) is 14.9 Å². The van der Waals surface area contributed by atoms with E-state index < -0.39 is 4.92 Å². The SMILES string of the molecule is CNCc1ccc(OCCCC(=O)NC)c([N+](=O)[O-])c1. The first kappa shape index (κ1) is 15.9. The van der Waals surface area contributed by atoms with E-state index in [0.717, 1.165) is 5.56 Å². The molecule has 0 saturated heterocycles. The standard InChI is InChI=1S/C13H19N3O4/c1-14-9-10-5-6-12(11(8-10)16(18)19)20-7-3-4-13(17)15-2/h5-6,8,14H,3-4,7,9H2,1-2H3,(H,15,17). The third-order valence-electron chi connectivity index (χ3n) is 2.69. The highest BCUT2D eigenvalue weighted by Crippen LogP contribution is 2.28. The number of hydrogen-bond donors (Lipinski definition) is 2. The van der Waals surface area contributed by atoms with Gasteiger partial charge in [-0.15, -0.1) is 0 Å². The molecule has 7 heteroatoms. The molecule has 0 bridgehead atoms. The Bertz CT molecular complexity index is 477. The van der Waals surface area contributed by atoms with Crippen LogP contribution >= 0.6 is 0 Å². The lowest BCUT2D eigenvalue weighted by Gasteiger charge is -2.08. The summed E-state index contributed by atoms with van der Waals surface area (Å²) in [6, 6.07) is 4.85. The minimum absolute atomic E-state index is 0.0577. The molecule has 0 saturated carbocycles. The Morgan fingerprint density at radius 1 is 1.40 bits per heavy atom. The van der Waals surface area contributed by atoms with Gasteiger partial charge in [0.25, 0.3) is 0 Å². The molecule has 0 aliphatic carbocycles. The van der Waals surface area contributed by atoms with Crippen molar-refractivity contribution in [2.75, 3.05) is 20.7 Å². The predicted molar refractivity (Wildman–Crippen MR) is 74.7 cm³/mol. The number of ether oxygens (including phenoxy) is 1. The highest BCUT2D eigenvalue weighted by molar-refractivity contribution is 5.75. The van der Waals surface area contributed by atoms with Crippen molar-refractivity contribution in [1.29, 1.82) is 0 Å². The maximum Gasteiger partial charge on any atom is 0.311 e. The number of amides is 1. The third kappa shape index (κ3) is 4.85. The molecule has 0 spiro atoms. The van der Waals surface area contributed by atoms with Crippen LogP contribution in [0, 0.1) is 10.1 Å². The molecule has 0 radical (unpaired) electrons. The van der Waals surface area contributed by atoms with Gasteiger partial charge in [0.05, 0.1) is 11.5 Å². The van der Waals surface area contributed by atoms with Gasteiger partial charge in [-0.25, -0.2) is 0 Å². The number of carbonyl (C=O) groups is 1. The second-order valence-electron chi connectivity index (χ2n) is 4.21. The lowest BCUT2D eigenvalue weighted by atomic mass is 10.2. The summed E-state index contributed by atoms with van der Waals surface area (Å²) in [4.78, 5) is 21.6. The normalized spacial score (nSPS) is 10.1. The molecule has 0 aliphatic rings. The summed E-state index contributed by atoms with van der Waals surface area (Å²) >= 11 is 0. The Balaban J connectivity index is 2.64. The number of nitro groups is 1. The highest BCUT2D eigenvalue weighted by atomic mass is 16.6. The van der Waals surface area contributed by atoms with Gasteiger partial charge in [-0.1, -0.05) is 6.07 Å². The van der Waals surface area contributed by atoms with Crippen LogP contribution in [0.25, 0.3) is 0 Å². The smallest absolute Gasteiger partial charge is 0.311 e. The zero-order chi connectivity index (χ0) is 15.0. The molecule has 20 heavy (non-hydrogen) atoms. The van der Waals surface area contributed by atoms with Gasteiger partial charge in [0, 0.05) is 26.1 Å². The zero-order valence-electron chi connectivity index (χ0n) is 11.6. The molecule has 1 amide bonds. The van der Waals surface area contributed by atoms with Crippen LogP contribution in [0.5, 0.6) is 5.75 Å². The molecule has 2 N–H and O–H groups in total. The average molecular weight is 281 g/mol. The van der Waals surface area contributed by atoms with Crippen LogP contribution < -0.4 is 15.4 Å². The lowest BCUT2D eigenvalue weighted by molar-refractivity contribution is -0.385. The molecule has 0 unspecified atom stereocenters. The molecule has 1 rings (SSSR count). The third-order valence-corrected chi connectivity index (χ3v) is 2.69. The van der Waals surface area contributed by atoms with Crippen molar-refractivity contribution in [3.63, 3.8) is 0 Å². The van der Waals surface area contributed by atoms with E-state index >= 15 is 0 Å². The van der Waals surface area contributed by atoms with E-state index in [1.165, 1.54) is 6.07 Å². The van der Waals surface area contributed by atoms with Crippen LogP contribution in [0.2, 0.25) is 0 Å². The minimum atomic E-state index is -0.465. The maximum atomic E-state index is 11.0. The second kappa shape index (κ2) is 8.11. The van der Waals surface area contributed by atoms with E-state index in [1.54, 1.807) is 26.2 Å². The molecule has 0 fully saturated rings. The molecule has 0 heterocycles. The molecule has 0 atom stereocenters. The van der Waals surface area contributed by atoms with E-state index in [-0.39, 0.29) is 24.0 Å². The first-order chi connectivity index (χ1) is 9.58. The van der Waals surface area contributed by atoms with Crippen molar-refractivity contribution in [2.45, 2.75) is 19.4 Å². The Kier molecular flexibility index (Phi) is 6.45. The summed E-state index contributed by atoms with van der Waals surface area (Å²) in [5.74, 6) is 0.152. The van der Waals surface area contributed by atoms with Crippen molar-refractivity contribution in [3.05, 3.63) is 33.9 Å². The van der Waals surface area contributed by atoms with Gasteiger partial charge in [0.15, 0.2) is 5.75 Å². The van der Waals surface area contributed by atoms with Crippen LogP contribution in [0.1, 0.15) is 18.4 Å². The average Bonchev–Trinajstić information content (AvgIpc) is 2.44. The number of rotatable bonds is 8. The predicted octanol–water partition coefficient (Wildman–Crippen LogP) is 1.22. The molecule has 0 aliphatic heterocycles. The fourth-order valence-electron chi connectivity index (χ4n) is 1.68. The Morgan fingerprint density at radius 3 is 2.75 bits per heavy atom. The first-order valence-electron chi connectivity index (χ1n) is 6.33. The summed E-state index contributed by atoms with van der Waals surface area (Å²) < 4.78 is 5.38. The first-order valence-corrected chi connectivity index (χ1v) is 6.33. The van der Waals surface area contributed by atoms with Crippen molar-refractivity contribution in [1.82, 2.24) is 10.6 Å².